The molecule has 2 N–H and O–H groups in total. The zero-order chi connectivity index (χ0) is 13.8. The van der Waals surface area contributed by atoms with Crippen LogP contribution in [0.25, 0.3) is 0 Å². The molecule has 2 rings (SSSR count). The summed E-state index contributed by atoms with van der Waals surface area (Å²) in [7, 11) is 0. The Morgan fingerprint density at radius 3 is 2.42 bits per heavy atom. The topological polar surface area (TPSA) is 26.0 Å². The third-order valence-electron chi connectivity index (χ3n) is 3.43. The summed E-state index contributed by atoms with van der Waals surface area (Å²) in [5, 5.41) is 0.771. The van der Waals surface area contributed by atoms with Gasteiger partial charge < -0.3 is 5.73 Å². The number of nitrogens with two attached hydrogens (primary N) is 1. The number of hydrogen-bond donors (Lipinski definition) is 1. The molecule has 0 saturated heterocycles. The number of aryl methyl sites for hydroxylation is 2. The van der Waals surface area contributed by atoms with Crippen molar-refractivity contribution < 1.29 is 0 Å². The molecule has 0 aliphatic rings. The minimum absolute atomic E-state index is 0.164. The van der Waals surface area contributed by atoms with Crippen LogP contribution in [-0.4, -0.2) is 0 Å². The highest BCUT2D eigenvalue weighted by Gasteiger charge is 2.13. The molecule has 0 fully saturated rings. The Morgan fingerprint density at radius 1 is 1.11 bits per heavy atom. The van der Waals surface area contributed by atoms with Crippen LogP contribution < -0.4 is 5.73 Å². The molecule has 0 radical (unpaired) electrons. The molecule has 0 bridgehead atoms. The fraction of sp³-hybridized carbons (Fsp3) is 0.294. The third-order valence-corrected chi connectivity index (χ3v) is 3.95. The zero-order valence-electron chi connectivity index (χ0n) is 11.5. The van der Waals surface area contributed by atoms with Crippen LogP contribution in [0.1, 0.15) is 41.6 Å². The van der Waals surface area contributed by atoms with E-state index in [1.54, 1.807) is 0 Å². The second kappa shape index (κ2) is 6.23. The Bertz CT molecular complexity index is 546. The molecule has 0 saturated carbocycles. The monoisotopic (exact) mass is 273 g/mol. The highest BCUT2D eigenvalue weighted by molar-refractivity contribution is 6.32. The molecule has 0 spiro atoms. The molecular weight excluding hydrogens is 254 g/mol. The minimum Gasteiger partial charge on any atom is -0.320 e. The summed E-state index contributed by atoms with van der Waals surface area (Å²) in [6.45, 7) is 4.19. The first-order valence-electron chi connectivity index (χ1n) is 6.73. The van der Waals surface area contributed by atoms with E-state index in [2.05, 4.69) is 31.2 Å². The van der Waals surface area contributed by atoms with Crippen LogP contribution in [0.4, 0.5) is 0 Å². The maximum absolute atomic E-state index is 6.34. The van der Waals surface area contributed by atoms with Crippen molar-refractivity contribution in [2.24, 2.45) is 5.73 Å². The molecular formula is C17H20ClN. The third kappa shape index (κ3) is 3.17. The average molecular weight is 274 g/mol. The van der Waals surface area contributed by atoms with E-state index in [-0.39, 0.29) is 6.04 Å². The van der Waals surface area contributed by atoms with E-state index in [9.17, 15) is 0 Å². The highest BCUT2D eigenvalue weighted by Crippen LogP contribution is 2.29. The van der Waals surface area contributed by atoms with Gasteiger partial charge in [-0.25, -0.2) is 0 Å². The van der Waals surface area contributed by atoms with Crippen LogP contribution in [0, 0.1) is 6.92 Å². The Balaban J connectivity index is 2.28. The van der Waals surface area contributed by atoms with Crippen LogP contribution in [0.2, 0.25) is 5.02 Å². The predicted molar refractivity (Wildman–Crippen MR) is 82.7 cm³/mol. The van der Waals surface area contributed by atoms with Gasteiger partial charge in [0, 0.05) is 5.02 Å². The Kier molecular flexibility index (Phi) is 4.62. The molecule has 0 aliphatic heterocycles. The normalized spacial score (nSPS) is 12.4. The van der Waals surface area contributed by atoms with Crippen LogP contribution in [0.5, 0.6) is 0 Å². The average Bonchev–Trinajstić information content (AvgIpc) is 2.42. The lowest BCUT2D eigenvalue weighted by atomic mass is 9.96. The lowest BCUT2D eigenvalue weighted by Gasteiger charge is -2.16. The fourth-order valence-corrected chi connectivity index (χ4v) is 2.51. The van der Waals surface area contributed by atoms with Crippen molar-refractivity contribution >= 4 is 11.6 Å². The maximum Gasteiger partial charge on any atom is 0.0566 e. The van der Waals surface area contributed by atoms with Gasteiger partial charge >= 0.3 is 0 Å². The highest BCUT2D eigenvalue weighted by atomic mass is 35.5. The van der Waals surface area contributed by atoms with E-state index in [1.165, 1.54) is 5.56 Å². The lowest BCUT2D eigenvalue weighted by Crippen LogP contribution is -2.12. The van der Waals surface area contributed by atoms with Crippen LogP contribution in [0.3, 0.4) is 0 Å². The molecule has 19 heavy (non-hydrogen) atoms. The molecule has 0 heterocycles. The first kappa shape index (κ1) is 14.1. The summed E-state index contributed by atoms with van der Waals surface area (Å²) in [5.74, 6) is 0. The van der Waals surface area contributed by atoms with Gasteiger partial charge in [0.25, 0.3) is 0 Å². The van der Waals surface area contributed by atoms with E-state index in [0.717, 1.165) is 34.6 Å². The van der Waals surface area contributed by atoms with Crippen molar-refractivity contribution in [3.05, 3.63) is 69.7 Å². The van der Waals surface area contributed by atoms with Gasteiger partial charge in [0.1, 0.15) is 0 Å². The van der Waals surface area contributed by atoms with Crippen molar-refractivity contribution in [3.8, 4) is 0 Å². The van der Waals surface area contributed by atoms with E-state index in [4.69, 9.17) is 17.3 Å². The maximum atomic E-state index is 6.34. The van der Waals surface area contributed by atoms with Crippen LogP contribution in [0.15, 0.2) is 42.5 Å². The Hall–Kier alpha value is -1.31. The second-order valence-electron chi connectivity index (χ2n) is 4.95. The molecule has 1 nitrogen and oxygen atoms in total. The SMILES string of the molecule is CCCc1ccc(C(N)c2cccc(C)c2Cl)cc1. The molecule has 1 unspecified atom stereocenters. The molecule has 2 aromatic rings. The summed E-state index contributed by atoms with van der Waals surface area (Å²) in [6.07, 6.45) is 2.27. The van der Waals surface area contributed by atoms with Gasteiger partial charge in [0.2, 0.25) is 0 Å². The molecule has 0 aromatic heterocycles. The Labute approximate surface area is 120 Å². The summed E-state index contributed by atoms with van der Waals surface area (Å²) in [6, 6.07) is 14.4. The van der Waals surface area contributed by atoms with Crippen molar-refractivity contribution in [2.45, 2.75) is 32.7 Å². The first-order valence-corrected chi connectivity index (χ1v) is 7.10. The number of halogens is 1. The summed E-state index contributed by atoms with van der Waals surface area (Å²) < 4.78 is 0. The number of benzene rings is 2. The Morgan fingerprint density at radius 2 is 1.79 bits per heavy atom. The molecule has 0 amide bonds. The van der Waals surface area contributed by atoms with Crippen LogP contribution in [-0.2, 0) is 6.42 Å². The van der Waals surface area contributed by atoms with Gasteiger partial charge in [-0.2, -0.15) is 0 Å². The van der Waals surface area contributed by atoms with Crippen molar-refractivity contribution in [1.82, 2.24) is 0 Å². The molecule has 100 valence electrons. The fourth-order valence-electron chi connectivity index (χ4n) is 2.27. The van der Waals surface area contributed by atoms with Crippen molar-refractivity contribution in [2.75, 3.05) is 0 Å². The first-order chi connectivity index (χ1) is 9.13. The van der Waals surface area contributed by atoms with E-state index < -0.39 is 0 Å². The van der Waals surface area contributed by atoms with Gasteiger partial charge in [-0.05, 0) is 35.6 Å². The smallest absolute Gasteiger partial charge is 0.0566 e. The lowest BCUT2D eigenvalue weighted by molar-refractivity contribution is 0.864. The van der Waals surface area contributed by atoms with Crippen molar-refractivity contribution in [1.29, 1.82) is 0 Å². The zero-order valence-corrected chi connectivity index (χ0v) is 12.2. The summed E-state index contributed by atoms with van der Waals surface area (Å²) in [4.78, 5) is 0. The van der Waals surface area contributed by atoms with Gasteiger partial charge in [-0.15, -0.1) is 0 Å². The molecule has 2 heteroatoms. The number of hydrogen-bond acceptors (Lipinski definition) is 1. The van der Waals surface area contributed by atoms with E-state index in [1.807, 2.05) is 25.1 Å². The van der Waals surface area contributed by atoms with Crippen LogP contribution >= 0.6 is 11.6 Å². The molecule has 0 aliphatic carbocycles. The van der Waals surface area contributed by atoms with Gasteiger partial charge in [-0.3, -0.25) is 0 Å². The largest absolute Gasteiger partial charge is 0.320 e. The molecule has 1 atom stereocenters. The summed E-state index contributed by atoms with van der Waals surface area (Å²) in [5.41, 5.74) is 10.8. The van der Waals surface area contributed by atoms with E-state index in [0.29, 0.717) is 0 Å². The van der Waals surface area contributed by atoms with E-state index >= 15 is 0 Å². The quantitative estimate of drug-likeness (QED) is 0.862. The van der Waals surface area contributed by atoms with Gasteiger partial charge in [0.15, 0.2) is 0 Å². The predicted octanol–water partition coefficient (Wildman–Crippen LogP) is 4.65. The second-order valence-corrected chi connectivity index (χ2v) is 5.33. The van der Waals surface area contributed by atoms with Gasteiger partial charge in [0.05, 0.1) is 6.04 Å². The standard InChI is InChI=1S/C17H20ClN/c1-3-5-13-8-10-14(11-9-13)17(19)15-7-4-6-12(2)16(15)18/h4,6-11,17H,3,5,19H2,1-2H3. The van der Waals surface area contributed by atoms with Crippen molar-refractivity contribution in [3.63, 3.8) is 0 Å². The summed E-state index contributed by atoms with van der Waals surface area (Å²) >= 11 is 6.34. The van der Waals surface area contributed by atoms with Gasteiger partial charge in [-0.1, -0.05) is 67.4 Å². The number of rotatable bonds is 4. The molecule has 2 aromatic carbocycles. The minimum atomic E-state index is -0.164.